The lowest BCUT2D eigenvalue weighted by molar-refractivity contribution is 0.0195. The van der Waals surface area contributed by atoms with Crippen LogP contribution in [0.15, 0.2) is 24.3 Å². The Balaban J connectivity index is 2.02. The summed E-state index contributed by atoms with van der Waals surface area (Å²) in [5.41, 5.74) is 1.44. The van der Waals surface area contributed by atoms with Crippen LogP contribution in [0.3, 0.4) is 0 Å². The molecule has 0 saturated carbocycles. The number of hydrogen-bond donors (Lipinski definition) is 0. The first-order chi connectivity index (χ1) is 10.4. The molecule has 0 N–H and O–H groups in total. The van der Waals surface area contributed by atoms with Crippen molar-refractivity contribution in [1.82, 2.24) is 4.90 Å². The number of nitrogens with zero attached hydrogens (tertiary/aromatic N) is 1. The third-order valence-electron chi connectivity index (χ3n) is 3.92. The lowest BCUT2D eigenvalue weighted by atomic mass is 9.95. The minimum Gasteiger partial charge on any atom is -0.496 e. The molecule has 2 aliphatic rings. The molecule has 0 saturated heterocycles. The standard InChI is InChI=1S/C17H21NO4/c1-17(2,3)22-16(19)18-10-6-7-11(18)15-13(21-5)9-8-12(20-4)14(10)15/h6-11H,1-5H3. The van der Waals surface area contributed by atoms with Gasteiger partial charge in [0.15, 0.2) is 0 Å². The minimum absolute atomic E-state index is 0.167. The Kier molecular flexibility index (Phi) is 3.31. The smallest absolute Gasteiger partial charge is 0.411 e. The van der Waals surface area contributed by atoms with E-state index >= 15 is 0 Å². The van der Waals surface area contributed by atoms with E-state index < -0.39 is 5.60 Å². The van der Waals surface area contributed by atoms with Gasteiger partial charge in [0.2, 0.25) is 0 Å². The third-order valence-corrected chi connectivity index (χ3v) is 3.92. The molecule has 0 fully saturated rings. The van der Waals surface area contributed by atoms with Crippen molar-refractivity contribution >= 4 is 6.09 Å². The van der Waals surface area contributed by atoms with Crippen molar-refractivity contribution < 1.29 is 19.0 Å². The number of fused-ring (bicyclic) bond motifs is 5. The third kappa shape index (κ3) is 2.12. The molecule has 22 heavy (non-hydrogen) atoms. The zero-order valence-electron chi connectivity index (χ0n) is 13.5. The zero-order valence-corrected chi connectivity index (χ0v) is 13.5. The van der Waals surface area contributed by atoms with Gasteiger partial charge in [-0.2, -0.15) is 0 Å². The summed E-state index contributed by atoms with van der Waals surface area (Å²) in [6.45, 7) is 5.60. The van der Waals surface area contributed by atoms with Crippen LogP contribution in [0.5, 0.6) is 11.5 Å². The summed E-state index contributed by atoms with van der Waals surface area (Å²) < 4.78 is 16.5. The van der Waals surface area contributed by atoms with Crippen molar-refractivity contribution in [2.45, 2.75) is 38.5 Å². The fourth-order valence-electron chi connectivity index (χ4n) is 3.14. The van der Waals surface area contributed by atoms with Gasteiger partial charge in [-0.1, -0.05) is 12.2 Å². The fraction of sp³-hybridized carbons (Fsp3) is 0.471. The number of methoxy groups -OCH3 is 2. The van der Waals surface area contributed by atoms with Crippen LogP contribution in [-0.4, -0.2) is 30.8 Å². The normalized spacial score (nSPS) is 21.8. The van der Waals surface area contributed by atoms with Crippen molar-refractivity contribution in [3.05, 3.63) is 35.4 Å². The van der Waals surface area contributed by atoms with Gasteiger partial charge in [-0.15, -0.1) is 0 Å². The van der Waals surface area contributed by atoms with E-state index in [0.29, 0.717) is 0 Å². The van der Waals surface area contributed by atoms with Crippen molar-refractivity contribution in [2.24, 2.45) is 0 Å². The maximum absolute atomic E-state index is 12.6. The molecule has 2 heterocycles. The van der Waals surface area contributed by atoms with Crippen LogP contribution < -0.4 is 9.47 Å². The molecular formula is C17H21NO4. The average Bonchev–Trinajstić information content (AvgIpc) is 3.01. The number of hydrogen-bond acceptors (Lipinski definition) is 4. The monoisotopic (exact) mass is 303 g/mol. The van der Waals surface area contributed by atoms with Crippen LogP contribution >= 0.6 is 0 Å². The molecule has 1 aromatic rings. The maximum atomic E-state index is 12.6. The van der Waals surface area contributed by atoms with Gasteiger partial charge in [0.25, 0.3) is 0 Å². The van der Waals surface area contributed by atoms with E-state index in [1.165, 1.54) is 0 Å². The van der Waals surface area contributed by atoms with Crippen LogP contribution in [0.4, 0.5) is 4.79 Å². The highest BCUT2D eigenvalue weighted by molar-refractivity contribution is 5.75. The van der Waals surface area contributed by atoms with Crippen molar-refractivity contribution in [2.75, 3.05) is 14.2 Å². The van der Waals surface area contributed by atoms with Crippen molar-refractivity contribution in [3.8, 4) is 11.5 Å². The van der Waals surface area contributed by atoms with E-state index in [1.807, 2.05) is 45.1 Å². The van der Waals surface area contributed by atoms with Crippen LogP contribution in [0.25, 0.3) is 0 Å². The topological polar surface area (TPSA) is 48.0 Å². The van der Waals surface area contributed by atoms with Crippen LogP contribution in [0.2, 0.25) is 0 Å². The lowest BCUT2D eigenvalue weighted by Crippen LogP contribution is -2.35. The summed E-state index contributed by atoms with van der Waals surface area (Å²) in [7, 11) is 3.27. The highest BCUT2D eigenvalue weighted by atomic mass is 16.6. The molecule has 5 heteroatoms. The van der Waals surface area contributed by atoms with Gasteiger partial charge in [0, 0.05) is 11.1 Å². The number of carbonyl (C=O) groups is 1. The first-order valence-electron chi connectivity index (χ1n) is 7.32. The van der Waals surface area contributed by atoms with Crippen LogP contribution in [-0.2, 0) is 4.74 Å². The predicted molar refractivity (Wildman–Crippen MR) is 82.2 cm³/mol. The summed E-state index contributed by atoms with van der Waals surface area (Å²) in [5, 5.41) is 0. The van der Waals surface area contributed by atoms with Gasteiger partial charge in [-0.3, -0.25) is 4.90 Å². The van der Waals surface area contributed by atoms with Crippen molar-refractivity contribution in [3.63, 3.8) is 0 Å². The molecule has 1 aromatic carbocycles. The molecule has 3 rings (SSSR count). The molecule has 2 atom stereocenters. The molecule has 0 spiro atoms. The number of ether oxygens (including phenoxy) is 3. The molecule has 0 aliphatic carbocycles. The molecule has 1 amide bonds. The van der Waals surface area contributed by atoms with Gasteiger partial charge < -0.3 is 14.2 Å². The lowest BCUT2D eigenvalue weighted by Gasteiger charge is -2.27. The summed E-state index contributed by atoms with van der Waals surface area (Å²) in [6, 6.07) is 3.42. The Morgan fingerprint density at radius 3 is 1.82 bits per heavy atom. The van der Waals surface area contributed by atoms with Crippen LogP contribution in [0, 0.1) is 0 Å². The Bertz CT molecular complexity index is 604. The summed E-state index contributed by atoms with van der Waals surface area (Å²) in [5.74, 6) is 1.53. The number of carbonyl (C=O) groups excluding carboxylic acids is 1. The Labute approximate surface area is 130 Å². The zero-order chi connectivity index (χ0) is 16.1. The molecule has 118 valence electrons. The van der Waals surface area contributed by atoms with E-state index in [1.54, 1.807) is 19.1 Å². The first kappa shape index (κ1) is 14.8. The molecule has 2 aliphatic heterocycles. The van der Waals surface area contributed by atoms with Gasteiger partial charge in [0.1, 0.15) is 17.1 Å². The number of benzene rings is 1. The average molecular weight is 303 g/mol. The van der Waals surface area contributed by atoms with E-state index in [2.05, 4.69) is 0 Å². The van der Waals surface area contributed by atoms with Gasteiger partial charge in [-0.05, 0) is 32.9 Å². The van der Waals surface area contributed by atoms with E-state index in [-0.39, 0.29) is 18.2 Å². The first-order valence-corrected chi connectivity index (χ1v) is 7.32. The summed E-state index contributed by atoms with van der Waals surface area (Å²) in [6.07, 6.45) is 3.70. The van der Waals surface area contributed by atoms with Gasteiger partial charge in [-0.25, -0.2) is 4.79 Å². The maximum Gasteiger partial charge on any atom is 0.411 e. The second-order valence-corrected chi connectivity index (χ2v) is 6.46. The molecule has 2 bridgehead atoms. The van der Waals surface area contributed by atoms with Gasteiger partial charge in [0.05, 0.1) is 26.3 Å². The van der Waals surface area contributed by atoms with E-state index in [9.17, 15) is 4.79 Å². The van der Waals surface area contributed by atoms with E-state index in [4.69, 9.17) is 14.2 Å². The highest BCUT2D eigenvalue weighted by Crippen LogP contribution is 2.55. The van der Waals surface area contributed by atoms with Crippen LogP contribution in [0.1, 0.15) is 44.0 Å². The summed E-state index contributed by atoms with van der Waals surface area (Å²) in [4.78, 5) is 14.3. The Morgan fingerprint density at radius 2 is 1.45 bits per heavy atom. The second-order valence-electron chi connectivity index (χ2n) is 6.46. The molecule has 5 nitrogen and oxygen atoms in total. The second kappa shape index (κ2) is 4.93. The summed E-state index contributed by atoms with van der Waals surface area (Å²) >= 11 is 0. The molecule has 2 unspecified atom stereocenters. The SMILES string of the molecule is COc1ccc(OC)c2c1C1C=CC2N1C(=O)OC(C)(C)C. The molecular weight excluding hydrogens is 282 g/mol. The minimum atomic E-state index is -0.528. The van der Waals surface area contributed by atoms with Crippen molar-refractivity contribution in [1.29, 1.82) is 0 Å². The highest BCUT2D eigenvalue weighted by Gasteiger charge is 2.48. The quantitative estimate of drug-likeness (QED) is 0.783. The van der Waals surface area contributed by atoms with Gasteiger partial charge >= 0.3 is 6.09 Å². The molecule has 0 radical (unpaired) electrons. The number of rotatable bonds is 2. The fourth-order valence-corrected chi connectivity index (χ4v) is 3.14. The Hall–Kier alpha value is -2.17. The van der Waals surface area contributed by atoms with E-state index in [0.717, 1.165) is 22.6 Å². The Morgan fingerprint density at radius 1 is 1.00 bits per heavy atom. The number of amides is 1. The largest absolute Gasteiger partial charge is 0.496 e. The molecule has 0 aromatic heterocycles. The predicted octanol–water partition coefficient (Wildman–Crippen LogP) is 3.61.